The van der Waals surface area contributed by atoms with Crippen molar-refractivity contribution in [3.05, 3.63) is 23.8 Å². The molecule has 0 saturated heterocycles. The van der Waals surface area contributed by atoms with E-state index >= 15 is 0 Å². The summed E-state index contributed by atoms with van der Waals surface area (Å²) in [4.78, 5) is 12.0. The maximum absolute atomic E-state index is 12.0. The number of rotatable bonds is 7. The first-order valence-corrected chi connectivity index (χ1v) is 8.72. The van der Waals surface area contributed by atoms with E-state index < -0.39 is 10.0 Å². The monoisotopic (exact) mass is 313 g/mol. The van der Waals surface area contributed by atoms with E-state index in [4.69, 9.17) is 0 Å². The quantitative estimate of drug-likeness (QED) is 0.713. The third-order valence-corrected chi connectivity index (χ3v) is 3.53. The third kappa shape index (κ3) is 6.14. The first-order chi connectivity index (χ1) is 9.73. The van der Waals surface area contributed by atoms with Crippen molar-refractivity contribution >= 4 is 27.3 Å². The number of nitrogens with one attached hydrogen (secondary N) is 3. The Bertz CT molecular complexity index is 599. The Kier molecular flexibility index (Phi) is 6.17. The van der Waals surface area contributed by atoms with Gasteiger partial charge in [0.1, 0.15) is 0 Å². The van der Waals surface area contributed by atoms with Crippen molar-refractivity contribution in [2.45, 2.75) is 20.8 Å². The summed E-state index contributed by atoms with van der Waals surface area (Å²) in [5.41, 5.74) is 1.91. The highest BCUT2D eigenvalue weighted by molar-refractivity contribution is 7.92. The molecule has 1 aromatic carbocycles. The van der Waals surface area contributed by atoms with Gasteiger partial charge in [-0.15, -0.1) is 0 Å². The first kappa shape index (κ1) is 17.5. The second-order valence-corrected chi connectivity index (χ2v) is 6.85. The van der Waals surface area contributed by atoms with Gasteiger partial charge in [-0.25, -0.2) is 8.42 Å². The van der Waals surface area contributed by atoms with Gasteiger partial charge in [-0.3, -0.25) is 9.52 Å². The maximum Gasteiger partial charge on any atom is 0.229 e. The minimum atomic E-state index is -3.30. The van der Waals surface area contributed by atoms with Crippen LogP contribution >= 0.6 is 0 Å². The Morgan fingerprint density at radius 2 is 2.00 bits per heavy atom. The lowest BCUT2D eigenvalue weighted by Crippen LogP contribution is -2.30. The molecule has 118 valence electrons. The SMILES string of the molecule is CCNCC(C)C(=O)Nc1ccc(NS(C)(=O)=O)c(C)c1. The van der Waals surface area contributed by atoms with Crippen LogP contribution in [0.4, 0.5) is 11.4 Å². The molecule has 1 atom stereocenters. The molecule has 1 aromatic rings. The Balaban J connectivity index is 2.73. The summed E-state index contributed by atoms with van der Waals surface area (Å²) in [6, 6.07) is 5.06. The number of anilines is 2. The average molecular weight is 313 g/mol. The van der Waals surface area contributed by atoms with Crippen LogP contribution in [0.3, 0.4) is 0 Å². The van der Waals surface area contributed by atoms with Crippen LogP contribution in [-0.4, -0.2) is 33.7 Å². The van der Waals surface area contributed by atoms with Crippen molar-refractivity contribution in [3.8, 4) is 0 Å². The van der Waals surface area contributed by atoms with Crippen LogP contribution in [0, 0.1) is 12.8 Å². The van der Waals surface area contributed by atoms with E-state index in [0.717, 1.165) is 18.4 Å². The highest BCUT2D eigenvalue weighted by Crippen LogP contribution is 2.20. The average Bonchev–Trinajstić information content (AvgIpc) is 2.37. The third-order valence-electron chi connectivity index (χ3n) is 2.94. The fourth-order valence-electron chi connectivity index (χ4n) is 1.77. The second-order valence-electron chi connectivity index (χ2n) is 5.10. The van der Waals surface area contributed by atoms with Crippen LogP contribution in [0.1, 0.15) is 19.4 Å². The van der Waals surface area contributed by atoms with Gasteiger partial charge in [0.05, 0.1) is 11.9 Å². The molecule has 0 aliphatic heterocycles. The number of carbonyl (C=O) groups is 1. The zero-order chi connectivity index (χ0) is 16.0. The molecule has 0 aromatic heterocycles. The molecule has 0 fully saturated rings. The van der Waals surface area contributed by atoms with E-state index in [1.807, 2.05) is 13.8 Å². The molecule has 7 heteroatoms. The van der Waals surface area contributed by atoms with Crippen LogP contribution in [0.2, 0.25) is 0 Å². The molecule has 0 aliphatic rings. The lowest BCUT2D eigenvalue weighted by Gasteiger charge is -2.14. The normalized spacial score (nSPS) is 12.8. The predicted octanol–water partition coefficient (Wildman–Crippen LogP) is 1.55. The molecule has 3 N–H and O–H groups in total. The van der Waals surface area contributed by atoms with Gasteiger partial charge in [-0.1, -0.05) is 13.8 Å². The highest BCUT2D eigenvalue weighted by Gasteiger charge is 2.13. The molecule has 0 bridgehead atoms. The van der Waals surface area contributed by atoms with Gasteiger partial charge in [0.15, 0.2) is 0 Å². The predicted molar refractivity (Wildman–Crippen MR) is 86.0 cm³/mol. The summed E-state index contributed by atoms with van der Waals surface area (Å²) in [5, 5.41) is 5.95. The van der Waals surface area contributed by atoms with Crippen LogP contribution in [0.25, 0.3) is 0 Å². The molecule has 6 nitrogen and oxygen atoms in total. The topological polar surface area (TPSA) is 87.3 Å². The molecule has 1 unspecified atom stereocenters. The molecule has 0 heterocycles. The molecule has 0 radical (unpaired) electrons. The largest absolute Gasteiger partial charge is 0.326 e. The number of aryl methyl sites for hydroxylation is 1. The lowest BCUT2D eigenvalue weighted by molar-refractivity contribution is -0.119. The number of amides is 1. The second kappa shape index (κ2) is 7.42. The molecule has 0 saturated carbocycles. The van der Waals surface area contributed by atoms with Crippen molar-refractivity contribution in [3.63, 3.8) is 0 Å². The van der Waals surface area contributed by atoms with Crippen molar-refractivity contribution < 1.29 is 13.2 Å². The Labute approximate surface area is 126 Å². The van der Waals surface area contributed by atoms with Crippen LogP contribution in [0.5, 0.6) is 0 Å². The van der Waals surface area contributed by atoms with Crippen molar-refractivity contribution in [1.82, 2.24) is 5.32 Å². The van der Waals surface area contributed by atoms with Crippen LogP contribution < -0.4 is 15.4 Å². The van der Waals surface area contributed by atoms with Gasteiger partial charge in [-0.2, -0.15) is 0 Å². The van der Waals surface area contributed by atoms with E-state index in [0.29, 0.717) is 17.9 Å². The Hall–Kier alpha value is -1.60. The van der Waals surface area contributed by atoms with Gasteiger partial charge in [-0.05, 0) is 37.2 Å². The van der Waals surface area contributed by atoms with Crippen molar-refractivity contribution in [2.75, 3.05) is 29.4 Å². The fraction of sp³-hybridized carbons (Fsp3) is 0.500. The highest BCUT2D eigenvalue weighted by atomic mass is 32.2. The summed E-state index contributed by atoms with van der Waals surface area (Å²) in [6.07, 6.45) is 1.10. The molecular formula is C14H23N3O3S. The summed E-state index contributed by atoms with van der Waals surface area (Å²) < 4.78 is 24.9. The standard InChI is InChI=1S/C14H23N3O3S/c1-5-15-9-11(3)14(18)16-12-6-7-13(10(2)8-12)17-21(4,19)20/h6-8,11,15,17H,5,9H2,1-4H3,(H,16,18). The Morgan fingerprint density at radius 3 is 2.52 bits per heavy atom. The smallest absolute Gasteiger partial charge is 0.229 e. The van der Waals surface area contributed by atoms with Gasteiger partial charge in [0, 0.05) is 18.2 Å². The summed E-state index contributed by atoms with van der Waals surface area (Å²) in [5.74, 6) is -0.210. The lowest BCUT2D eigenvalue weighted by atomic mass is 10.1. The zero-order valence-electron chi connectivity index (χ0n) is 12.9. The maximum atomic E-state index is 12.0. The van der Waals surface area contributed by atoms with E-state index in [2.05, 4.69) is 15.4 Å². The number of hydrogen-bond donors (Lipinski definition) is 3. The van der Waals surface area contributed by atoms with Gasteiger partial charge in [0.25, 0.3) is 0 Å². The van der Waals surface area contributed by atoms with Gasteiger partial charge in [0.2, 0.25) is 15.9 Å². The Morgan fingerprint density at radius 1 is 1.33 bits per heavy atom. The van der Waals surface area contributed by atoms with E-state index in [-0.39, 0.29) is 11.8 Å². The zero-order valence-corrected chi connectivity index (χ0v) is 13.7. The van der Waals surface area contributed by atoms with Crippen molar-refractivity contribution in [2.24, 2.45) is 5.92 Å². The summed E-state index contributed by atoms with van der Waals surface area (Å²) >= 11 is 0. The number of hydrogen-bond acceptors (Lipinski definition) is 4. The minimum absolute atomic E-state index is 0.0702. The number of carbonyl (C=O) groups excluding carboxylic acids is 1. The first-order valence-electron chi connectivity index (χ1n) is 6.83. The van der Waals surface area contributed by atoms with E-state index in [9.17, 15) is 13.2 Å². The van der Waals surface area contributed by atoms with E-state index in [1.54, 1.807) is 25.1 Å². The molecule has 1 rings (SSSR count). The van der Waals surface area contributed by atoms with Crippen LogP contribution in [-0.2, 0) is 14.8 Å². The number of sulfonamides is 1. The van der Waals surface area contributed by atoms with E-state index in [1.165, 1.54) is 0 Å². The minimum Gasteiger partial charge on any atom is -0.326 e. The summed E-state index contributed by atoms with van der Waals surface area (Å²) in [7, 11) is -3.30. The molecule has 21 heavy (non-hydrogen) atoms. The molecular weight excluding hydrogens is 290 g/mol. The van der Waals surface area contributed by atoms with Crippen molar-refractivity contribution in [1.29, 1.82) is 0 Å². The van der Waals surface area contributed by atoms with Gasteiger partial charge >= 0.3 is 0 Å². The summed E-state index contributed by atoms with van der Waals surface area (Å²) in [6.45, 7) is 7.06. The molecule has 0 spiro atoms. The van der Waals surface area contributed by atoms with Crippen LogP contribution in [0.15, 0.2) is 18.2 Å². The molecule has 1 amide bonds. The fourth-order valence-corrected chi connectivity index (χ4v) is 2.40. The van der Waals surface area contributed by atoms with Gasteiger partial charge < -0.3 is 10.6 Å². The molecule has 0 aliphatic carbocycles. The number of benzene rings is 1.